The molecule has 1 heterocycles. The maximum Gasteiger partial charge on any atom is 0.191 e. The van der Waals surface area contributed by atoms with Gasteiger partial charge < -0.3 is 15.1 Å². The molecule has 0 bridgehead atoms. The number of rotatable bonds is 5. The van der Waals surface area contributed by atoms with Crippen molar-refractivity contribution in [2.24, 2.45) is 4.99 Å². The maximum absolute atomic E-state index is 12.9. The summed E-state index contributed by atoms with van der Waals surface area (Å²) in [5.74, 6) is 1.35. The second kappa shape index (κ2) is 7.64. The molecule has 0 aliphatic carbocycles. The van der Waals surface area contributed by atoms with Gasteiger partial charge in [0, 0.05) is 19.0 Å². The summed E-state index contributed by atoms with van der Waals surface area (Å²) in [7, 11) is 1.73. The van der Waals surface area contributed by atoms with Crippen LogP contribution >= 0.6 is 0 Å². The summed E-state index contributed by atoms with van der Waals surface area (Å²) in [6, 6.07) is 16.5. The third-order valence-corrected chi connectivity index (χ3v) is 3.75. The molecule has 1 aromatic heterocycles. The van der Waals surface area contributed by atoms with Crippen molar-refractivity contribution >= 4 is 16.9 Å². The molecule has 0 radical (unpaired) electrons. The highest BCUT2D eigenvalue weighted by Gasteiger charge is 2.04. The summed E-state index contributed by atoms with van der Waals surface area (Å²) >= 11 is 0. The SMILES string of the molecule is CN=C(NCCc1ccc(F)cc1)NCc1cc2ccccc2o1. The first-order chi connectivity index (χ1) is 11.7. The second-order valence-electron chi connectivity index (χ2n) is 5.48. The van der Waals surface area contributed by atoms with Crippen molar-refractivity contribution in [3.8, 4) is 0 Å². The Balaban J connectivity index is 1.48. The Morgan fingerprint density at radius 1 is 1.08 bits per heavy atom. The smallest absolute Gasteiger partial charge is 0.191 e. The standard InChI is InChI=1S/C19H20FN3O/c1-21-19(22-11-10-14-6-8-16(20)9-7-14)23-13-17-12-15-4-2-3-5-18(15)24-17/h2-9,12H,10-11,13H2,1H3,(H2,21,22,23). The van der Waals surface area contributed by atoms with E-state index in [2.05, 4.69) is 15.6 Å². The molecule has 24 heavy (non-hydrogen) atoms. The van der Waals surface area contributed by atoms with Crippen molar-refractivity contribution in [3.63, 3.8) is 0 Å². The molecule has 0 spiro atoms. The molecular weight excluding hydrogens is 305 g/mol. The van der Waals surface area contributed by atoms with Gasteiger partial charge in [0.05, 0.1) is 6.54 Å². The van der Waals surface area contributed by atoms with Crippen LogP contribution in [-0.4, -0.2) is 19.6 Å². The highest BCUT2D eigenvalue weighted by molar-refractivity contribution is 5.80. The number of halogens is 1. The molecule has 0 fully saturated rings. The highest BCUT2D eigenvalue weighted by atomic mass is 19.1. The van der Waals surface area contributed by atoms with Gasteiger partial charge in [-0.1, -0.05) is 30.3 Å². The molecule has 5 heteroatoms. The summed E-state index contributed by atoms with van der Waals surface area (Å²) in [6.07, 6.45) is 0.797. The van der Waals surface area contributed by atoms with E-state index in [1.807, 2.05) is 30.3 Å². The van der Waals surface area contributed by atoms with E-state index >= 15 is 0 Å². The number of nitrogens with one attached hydrogen (secondary N) is 2. The van der Waals surface area contributed by atoms with Crippen LogP contribution in [0.3, 0.4) is 0 Å². The fourth-order valence-electron chi connectivity index (χ4n) is 2.49. The average Bonchev–Trinajstić information content (AvgIpc) is 3.02. The molecule has 2 N–H and O–H groups in total. The van der Waals surface area contributed by atoms with Gasteiger partial charge in [-0.05, 0) is 36.2 Å². The lowest BCUT2D eigenvalue weighted by Crippen LogP contribution is -2.37. The monoisotopic (exact) mass is 325 g/mol. The molecule has 0 amide bonds. The summed E-state index contributed by atoms with van der Waals surface area (Å²) in [4.78, 5) is 4.20. The number of furan rings is 1. The van der Waals surface area contributed by atoms with E-state index in [0.29, 0.717) is 19.0 Å². The number of nitrogens with zero attached hydrogens (tertiary/aromatic N) is 1. The van der Waals surface area contributed by atoms with Crippen LogP contribution in [-0.2, 0) is 13.0 Å². The Morgan fingerprint density at radius 3 is 2.62 bits per heavy atom. The molecule has 0 unspecified atom stereocenters. The number of benzene rings is 2. The lowest BCUT2D eigenvalue weighted by molar-refractivity contribution is 0.538. The van der Waals surface area contributed by atoms with E-state index in [-0.39, 0.29) is 5.82 Å². The van der Waals surface area contributed by atoms with Gasteiger partial charge in [0.15, 0.2) is 5.96 Å². The molecule has 3 aromatic rings. The van der Waals surface area contributed by atoms with Crippen molar-refractivity contribution in [1.29, 1.82) is 0 Å². The van der Waals surface area contributed by atoms with Crippen LogP contribution in [0.2, 0.25) is 0 Å². The minimum Gasteiger partial charge on any atom is -0.459 e. The molecule has 0 saturated heterocycles. The first kappa shape index (κ1) is 16.1. The molecule has 0 aliphatic heterocycles. The Morgan fingerprint density at radius 2 is 1.88 bits per heavy atom. The molecule has 0 aliphatic rings. The van der Waals surface area contributed by atoms with Crippen LogP contribution in [0, 0.1) is 5.82 Å². The number of hydrogen-bond acceptors (Lipinski definition) is 2. The fourth-order valence-corrected chi connectivity index (χ4v) is 2.49. The first-order valence-corrected chi connectivity index (χ1v) is 7.91. The number of hydrogen-bond donors (Lipinski definition) is 2. The van der Waals surface area contributed by atoms with Gasteiger partial charge in [-0.3, -0.25) is 4.99 Å². The van der Waals surface area contributed by atoms with Crippen LogP contribution in [0.15, 0.2) is 64.0 Å². The molecule has 124 valence electrons. The molecular formula is C19H20FN3O. The Labute approximate surface area is 140 Å². The van der Waals surface area contributed by atoms with Gasteiger partial charge in [0.25, 0.3) is 0 Å². The van der Waals surface area contributed by atoms with Gasteiger partial charge in [0.1, 0.15) is 17.2 Å². The zero-order chi connectivity index (χ0) is 16.8. The summed E-state index contributed by atoms with van der Waals surface area (Å²) in [5, 5.41) is 7.56. The van der Waals surface area contributed by atoms with Crippen LogP contribution < -0.4 is 10.6 Å². The van der Waals surface area contributed by atoms with Gasteiger partial charge in [0.2, 0.25) is 0 Å². The molecule has 0 atom stereocenters. The largest absolute Gasteiger partial charge is 0.459 e. The van der Waals surface area contributed by atoms with Crippen molar-refractivity contribution < 1.29 is 8.81 Å². The lowest BCUT2D eigenvalue weighted by Gasteiger charge is -2.10. The number of guanidine groups is 1. The van der Waals surface area contributed by atoms with Crippen molar-refractivity contribution in [2.45, 2.75) is 13.0 Å². The summed E-state index contributed by atoms with van der Waals surface area (Å²) < 4.78 is 18.6. The Hall–Kier alpha value is -2.82. The minimum atomic E-state index is -0.213. The predicted molar refractivity (Wildman–Crippen MR) is 94.5 cm³/mol. The Bertz CT molecular complexity index is 791. The molecule has 3 rings (SSSR count). The molecule has 0 saturated carbocycles. The van der Waals surface area contributed by atoms with E-state index in [4.69, 9.17) is 4.42 Å². The summed E-state index contributed by atoms with van der Waals surface area (Å²) in [6.45, 7) is 1.27. The highest BCUT2D eigenvalue weighted by Crippen LogP contribution is 2.18. The van der Waals surface area contributed by atoms with Crippen LogP contribution in [0.4, 0.5) is 4.39 Å². The maximum atomic E-state index is 12.9. The lowest BCUT2D eigenvalue weighted by atomic mass is 10.1. The zero-order valence-electron chi connectivity index (χ0n) is 13.6. The zero-order valence-corrected chi connectivity index (χ0v) is 13.6. The Kier molecular flexibility index (Phi) is 5.11. The van der Waals surface area contributed by atoms with Crippen LogP contribution in [0.5, 0.6) is 0 Å². The second-order valence-corrected chi connectivity index (χ2v) is 5.48. The average molecular weight is 325 g/mol. The van der Waals surface area contributed by atoms with Crippen molar-refractivity contribution in [3.05, 3.63) is 71.7 Å². The van der Waals surface area contributed by atoms with Gasteiger partial charge in [-0.15, -0.1) is 0 Å². The van der Waals surface area contributed by atoms with E-state index in [0.717, 1.165) is 28.7 Å². The quantitative estimate of drug-likeness (QED) is 0.558. The third kappa shape index (κ3) is 4.13. The van der Waals surface area contributed by atoms with Gasteiger partial charge in [-0.2, -0.15) is 0 Å². The van der Waals surface area contributed by atoms with Gasteiger partial charge >= 0.3 is 0 Å². The first-order valence-electron chi connectivity index (χ1n) is 7.91. The third-order valence-electron chi connectivity index (χ3n) is 3.75. The normalized spacial score (nSPS) is 11.7. The van der Waals surface area contributed by atoms with E-state index in [1.165, 1.54) is 12.1 Å². The van der Waals surface area contributed by atoms with E-state index < -0.39 is 0 Å². The van der Waals surface area contributed by atoms with E-state index in [9.17, 15) is 4.39 Å². The minimum absolute atomic E-state index is 0.213. The fraction of sp³-hybridized carbons (Fsp3) is 0.211. The number of fused-ring (bicyclic) bond motifs is 1. The van der Waals surface area contributed by atoms with Crippen molar-refractivity contribution in [1.82, 2.24) is 10.6 Å². The molecule has 4 nitrogen and oxygen atoms in total. The predicted octanol–water partition coefficient (Wildman–Crippen LogP) is 3.48. The number of para-hydroxylation sites is 1. The van der Waals surface area contributed by atoms with E-state index in [1.54, 1.807) is 19.2 Å². The van der Waals surface area contributed by atoms with Crippen LogP contribution in [0.25, 0.3) is 11.0 Å². The number of aliphatic imine (C=N–C) groups is 1. The van der Waals surface area contributed by atoms with Crippen molar-refractivity contribution in [2.75, 3.05) is 13.6 Å². The molecule has 2 aromatic carbocycles. The van der Waals surface area contributed by atoms with Gasteiger partial charge in [-0.25, -0.2) is 4.39 Å². The topological polar surface area (TPSA) is 49.6 Å². The van der Waals surface area contributed by atoms with Crippen LogP contribution in [0.1, 0.15) is 11.3 Å². The summed E-state index contributed by atoms with van der Waals surface area (Å²) in [5.41, 5.74) is 1.96.